The van der Waals surface area contributed by atoms with E-state index in [9.17, 15) is 0 Å². The van der Waals surface area contributed by atoms with Crippen LogP contribution in [0.4, 0.5) is 0 Å². The van der Waals surface area contributed by atoms with Gasteiger partial charge in [0.25, 0.3) is 0 Å². The molecule has 0 N–H and O–H groups in total. The number of aromatic nitrogens is 2. The topological polar surface area (TPSA) is 25.8 Å². The van der Waals surface area contributed by atoms with Crippen molar-refractivity contribution < 1.29 is 0 Å². The predicted molar refractivity (Wildman–Crippen MR) is 45.5 cm³/mol. The summed E-state index contributed by atoms with van der Waals surface area (Å²) >= 11 is 0. The van der Waals surface area contributed by atoms with E-state index in [4.69, 9.17) is 0 Å². The SMILES string of the molecule is CCc1cnc(CC)c(C)n1. The molecule has 60 valence electrons. The van der Waals surface area contributed by atoms with E-state index < -0.39 is 0 Å². The van der Waals surface area contributed by atoms with E-state index in [2.05, 4.69) is 23.8 Å². The molecule has 0 saturated heterocycles. The molecule has 0 amide bonds. The largest absolute Gasteiger partial charge is 0.258 e. The molecule has 0 spiro atoms. The quantitative estimate of drug-likeness (QED) is 0.643. The lowest BCUT2D eigenvalue weighted by Crippen LogP contribution is -1.98. The maximum absolute atomic E-state index is 4.40. The first-order chi connectivity index (χ1) is 5.27. The number of rotatable bonds is 2. The molecule has 0 saturated carbocycles. The third kappa shape index (κ3) is 1.76. The van der Waals surface area contributed by atoms with Crippen LogP contribution in [0.1, 0.15) is 30.9 Å². The fourth-order valence-electron chi connectivity index (χ4n) is 1.07. The van der Waals surface area contributed by atoms with Crippen LogP contribution >= 0.6 is 0 Å². The zero-order chi connectivity index (χ0) is 8.27. The monoisotopic (exact) mass is 150 g/mol. The van der Waals surface area contributed by atoms with Crippen LogP contribution in [0.25, 0.3) is 0 Å². The maximum atomic E-state index is 4.40. The standard InChI is InChI=1S/C9H14N2/c1-4-8-6-10-9(5-2)7(3)11-8/h6H,4-5H2,1-3H3. The van der Waals surface area contributed by atoms with Gasteiger partial charge in [-0.25, -0.2) is 0 Å². The van der Waals surface area contributed by atoms with Crippen molar-refractivity contribution in [3.05, 3.63) is 23.3 Å². The Morgan fingerprint density at radius 1 is 1.27 bits per heavy atom. The summed E-state index contributed by atoms with van der Waals surface area (Å²) in [5.74, 6) is 0. The molecule has 0 aliphatic heterocycles. The van der Waals surface area contributed by atoms with Crippen molar-refractivity contribution in [2.45, 2.75) is 33.6 Å². The summed E-state index contributed by atoms with van der Waals surface area (Å²) < 4.78 is 0. The molecular formula is C9H14N2. The van der Waals surface area contributed by atoms with Crippen LogP contribution in [0, 0.1) is 6.92 Å². The Kier molecular flexibility index (Phi) is 2.58. The summed E-state index contributed by atoms with van der Waals surface area (Å²) in [4.78, 5) is 8.70. The van der Waals surface area contributed by atoms with Gasteiger partial charge in [0.2, 0.25) is 0 Å². The van der Waals surface area contributed by atoms with Gasteiger partial charge in [-0.15, -0.1) is 0 Å². The van der Waals surface area contributed by atoms with Gasteiger partial charge in [-0.05, 0) is 19.8 Å². The third-order valence-corrected chi connectivity index (χ3v) is 1.80. The Morgan fingerprint density at radius 3 is 2.45 bits per heavy atom. The maximum Gasteiger partial charge on any atom is 0.0613 e. The molecule has 0 radical (unpaired) electrons. The van der Waals surface area contributed by atoms with E-state index in [1.165, 1.54) is 0 Å². The minimum atomic E-state index is 0.970. The number of nitrogens with zero attached hydrogens (tertiary/aromatic N) is 2. The van der Waals surface area contributed by atoms with Gasteiger partial charge in [0.15, 0.2) is 0 Å². The Hall–Kier alpha value is -0.920. The van der Waals surface area contributed by atoms with Crippen molar-refractivity contribution in [2.24, 2.45) is 0 Å². The van der Waals surface area contributed by atoms with E-state index in [1.54, 1.807) is 0 Å². The zero-order valence-corrected chi connectivity index (χ0v) is 7.39. The van der Waals surface area contributed by atoms with Gasteiger partial charge in [0.05, 0.1) is 17.1 Å². The zero-order valence-electron chi connectivity index (χ0n) is 7.39. The van der Waals surface area contributed by atoms with Crippen molar-refractivity contribution in [2.75, 3.05) is 0 Å². The summed E-state index contributed by atoms with van der Waals surface area (Å²) in [5, 5.41) is 0. The van der Waals surface area contributed by atoms with Gasteiger partial charge in [-0.1, -0.05) is 13.8 Å². The minimum absolute atomic E-state index is 0.970. The average molecular weight is 150 g/mol. The van der Waals surface area contributed by atoms with Gasteiger partial charge in [0, 0.05) is 6.20 Å². The summed E-state index contributed by atoms with van der Waals surface area (Å²) in [6.45, 7) is 6.21. The molecule has 2 nitrogen and oxygen atoms in total. The van der Waals surface area contributed by atoms with Crippen LogP contribution < -0.4 is 0 Å². The summed E-state index contributed by atoms with van der Waals surface area (Å²) in [6.07, 6.45) is 3.81. The van der Waals surface area contributed by atoms with Crippen LogP contribution in [0.3, 0.4) is 0 Å². The summed E-state index contributed by atoms with van der Waals surface area (Å²) in [7, 11) is 0. The van der Waals surface area contributed by atoms with E-state index >= 15 is 0 Å². The van der Waals surface area contributed by atoms with Crippen molar-refractivity contribution in [1.82, 2.24) is 9.97 Å². The molecule has 0 fully saturated rings. The molecule has 0 unspecified atom stereocenters. The predicted octanol–water partition coefficient (Wildman–Crippen LogP) is 1.91. The van der Waals surface area contributed by atoms with Crippen LogP contribution in [0.15, 0.2) is 6.20 Å². The number of hydrogen-bond donors (Lipinski definition) is 0. The van der Waals surface area contributed by atoms with Crippen LogP contribution in [0.2, 0.25) is 0 Å². The lowest BCUT2D eigenvalue weighted by molar-refractivity contribution is 0.901. The molecule has 0 aliphatic rings. The first-order valence-electron chi connectivity index (χ1n) is 4.09. The van der Waals surface area contributed by atoms with E-state index in [0.717, 1.165) is 29.9 Å². The Labute approximate surface area is 67.7 Å². The fraction of sp³-hybridized carbons (Fsp3) is 0.556. The molecule has 0 atom stereocenters. The lowest BCUT2D eigenvalue weighted by atomic mass is 10.2. The van der Waals surface area contributed by atoms with Crippen LogP contribution in [-0.4, -0.2) is 9.97 Å². The normalized spacial score (nSPS) is 10.1. The Bertz CT molecular complexity index is 243. The van der Waals surface area contributed by atoms with Gasteiger partial charge in [-0.3, -0.25) is 9.97 Å². The second-order valence-electron chi connectivity index (χ2n) is 2.60. The molecule has 0 bridgehead atoms. The highest BCUT2D eigenvalue weighted by Gasteiger charge is 1.98. The third-order valence-electron chi connectivity index (χ3n) is 1.80. The van der Waals surface area contributed by atoms with Gasteiger partial charge < -0.3 is 0 Å². The molecule has 1 aromatic heterocycles. The Balaban J connectivity index is 2.99. The Morgan fingerprint density at radius 2 is 2.00 bits per heavy atom. The fourth-order valence-corrected chi connectivity index (χ4v) is 1.07. The molecule has 1 rings (SSSR count). The van der Waals surface area contributed by atoms with Crippen molar-refractivity contribution >= 4 is 0 Å². The summed E-state index contributed by atoms with van der Waals surface area (Å²) in [6, 6.07) is 0. The van der Waals surface area contributed by atoms with E-state index in [-0.39, 0.29) is 0 Å². The second-order valence-corrected chi connectivity index (χ2v) is 2.60. The van der Waals surface area contributed by atoms with Crippen molar-refractivity contribution in [1.29, 1.82) is 0 Å². The highest BCUT2D eigenvalue weighted by Crippen LogP contribution is 2.03. The van der Waals surface area contributed by atoms with Crippen LogP contribution in [-0.2, 0) is 12.8 Å². The second kappa shape index (κ2) is 3.46. The molecule has 1 heterocycles. The molecular weight excluding hydrogens is 136 g/mol. The molecule has 11 heavy (non-hydrogen) atoms. The number of aryl methyl sites for hydroxylation is 3. The average Bonchev–Trinajstić information content (AvgIpc) is 2.04. The minimum Gasteiger partial charge on any atom is -0.258 e. The van der Waals surface area contributed by atoms with Gasteiger partial charge in [-0.2, -0.15) is 0 Å². The van der Waals surface area contributed by atoms with Crippen LogP contribution in [0.5, 0.6) is 0 Å². The molecule has 0 aliphatic carbocycles. The van der Waals surface area contributed by atoms with Crippen molar-refractivity contribution in [3.8, 4) is 0 Å². The van der Waals surface area contributed by atoms with Crippen molar-refractivity contribution in [3.63, 3.8) is 0 Å². The first kappa shape index (κ1) is 8.18. The highest BCUT2D eigenvalue weighted by atomic mass is 14.8. The first-order valence-corrected chi connectivity index (χ1v) is 4.09. The van der Waals surface area contributed by atoms with Gasteiger partial charge in [0.1, 0.15) is 0 Å². The van der Waals surface area contributed by atoms with E-state index in [1.807, 2.05) is 13.1 Å². The molecule has 2 heteroatoms. The van der Waals surface area contributed by atoms with Gasteiger partial charge >= 0.3 is 0 Å². The molecule has 1 aromatic rings. The lowest BCUT2D eigenvalue weighted by Gasteiger charge is -2.01. The highest BCUT2D eigenvalue weighted by molar-refractivity contribution is 5.12. The molecule has 0 aromatic carbocycles. The smallest absolute Gasteiger partial charge is 0.0613 e. The summed E-state index contributed by atoms with van der Waals surface area (Å²) in [5.41, 5.74) is 3.27. The van der Waals surface area contributed by atoms with E-state index in [0.29, 0.717) is 0 Å². The number of hydrogen-bond acceptors (Lipinski definition) is 2.